The summed E-state index contributed by atoms with van der Waals surface area (Å²) in [5.41, 5.74) is 7.50. The molecule has 0 radical (unpaired) electrons. The molecule has 120 valence electrons. The second-order valence-corrected chi connectivity index (χ2v) is 6.02. The first-order valence-corrected chi connectivity index (χ1v) is 7.77. The van der Waals surface area contributed by atoms with Crippen molar-refractivity contribution in [2.45, 2.75) is 25.8 Å². The van der Waals surface area contributed by atoms with Crippen LogP contribution in [0, 0.1) is 5.92 Å². The smallest absolute Gasteiger partial charge is 0.272 e. The van der Waals surface area contributed by atoms with Crippen LogP contribution in [0.4, 0.5) is 0 Å². The number of piperidine rings is 1. The topological polar surface area (TPSA) is 92.1 Å². The van der Waals surface area contributed by atoms with E-state index in [1.807, 2.05) is 37.3 Å². The quantitative estimate of drug-likeness (QED) is 0.905. The third-order valence-electron chi connectivity index (χ3n) is 4.42. The van der Waals surface area contributed by atoms with E-state index in [0.717, 1.165) is 24.1 Å². The molecule has 1 aliphatic heterocycles. The Balaban J connectivity index is 1.80. The number of hydrogen-bond acceptors (Lipinski definition) is 3. The highest BCUT2D eigenvalue weighted by molar-refractivity contribution is 5.94. The number of nitrogens with zero attached hydrogens (tertiary/aromatic N) is 2. The molecule has 1 aromatic heterocycles. The van der Waals surface area contributed by atoms with Crippen molar-refractivity contribution >= 4 is 11.8 Å². The van der Waals surface area contributed by atoms with E-state index < -0.39 is 0 Å². The van der Waals surface area contributed by atoms with Crippen LogP contribution in [0.2, 0.25) is 0 Å². The minimum Gasteiger partial charge on any atom is -0.369 e. The van der Waals surface area contributed by atoms with Gasteiger partial charge in [-0.05, 0) is 25.8 Å². The largest absolute Gasteiger partial charge is 0.369 e. The number of carbonyl (C=O) groups is 2. The van der Waals surface area contributed by atoms with Crippen molar-refractivity contribution in [3.05, 3.63) is 42.1 Å². The normalized spacial score (nSPS) is 21.2. The lowest BCUT2D eigenvalue weighted by Gasteiger charge is -2.36. The van der Waals surface area contributed by atoms with E-state index in [9.17, 15) is 9.59 Å². The third-order valence-corrected chi connectivity index (χ3v) is 4.42. The van der Waals surface area contributed by atoms with Gasteiger partial charge in [-0.2, -0.15) is 5.10 Å². The number of amides is 2. The first-order valence-electron chi connectivity index (χ1n) is 7.77. The molecule has 2 atom stereocenters. The molecular weight excluding hydrogens is 292 g/mol. The number of primary amides is 1. The zero-order valence-corrected chi connectivity index (χ0v) is 13.0. The molecule has 2 heterocycles. The van der Waals surface area contributed by atoms with Crippen molar-refractivity contribution in [1.29, 1.82) is 0 Å². The minimum absolute atomic E-state index is 0.0848. The van der Waals surface area contributed by atoms with E-state index in [1.54, 1.807) is 11.0 Å². The number of hydrogen-bond donors (Lipinski definition) is 2. The van der Waals surface area contributed by atoms with Gasteiger partial charge in [0.2, 0.25) is 5.91 Å². The SMILES string of the molecule is CC1CCC(C(N)=O)CN1C(=O)c1cc(-c2ccccc2)n[nH]1. The summed E-state index contributed by atoms with van der Waals surface area (Å²) in [5.74, 6) is -0.755. The molecule has 1 aromatic carbocycles. The maximum Gasteiger partial charge on any atom is 0.272 e. The van der Waals surface area contributed by atoms with Crippen LogP contribution in [0.15, 0.2) is 36.4 Å². The average molecular weight is 312 g/mol. The lowest BCUT2D eigenvalue weighted by atomic mass is 9.92. The van der Waals surface area contributed by atoms with E-state index in [2.05, 4.69) is 10.2 Å². The Hall–Kier alpha value is -2.63. The molecule has 0 saturated carbocycles. The molecule has 1 fully saturated rings. The first-order chi connectivity index (χ1) is 11.1. The van der Waals surface area contributed by atoms with Crippen LogP contribution in [-0.2, 0) is 4.79 Å². The van der Waals surface area contributed by atoms with Gasteiger partial charge in [-0.25, -0.2) is 0 Å². The van der Waals surface area contributed by atoms with Crippen LogP contribution in [0.1, 0.15) is 30.3 Å². The van der Waals surface area contributed by atoms with Crippen molar-refractivity contribution in [2.75, 3.05) is 6.54 Å². The second-order valence-electron chi connectivity index (χ2n) is 6.02. The number of nitrogens with two attached hydrogens (primary N) is 1. The van der Waals surface area contributed by atoms with Gasteiger partial charge in [0, 0.05) is 18.2 Å². The highest BCUT2D eigenvalue weighted by Crippen LogP contribution is 2.24. The van der Waals surface area contributed by atoms with Crippen molar-refractivity contribution in [1.82, 2.24) is 15.1 Å². The summed E-state index contributed by atoms with van der Waals surface area (Å²) in [6, 6.07) is 11.5. The lowest BCUT2D eigenvalue weighted by Crippen LogP contribution is -2.48. The minimum atomic E-state index is -0.343. The summed E-state index contributed by atoms with van der Waals surface area (Å²) in [7, 11) is 0. The molecule has 2 amide bonds. The number of rotatable bonds is 3. The second kappa shape index (κ2) is 6.24. The molecular formula is C17H20N4O2. The van der Waals surface area contributed by atoms with Gasteiger partial charge in [0.25, 0.3) is 5.91 Å². The number of aromatic amines is 1. The Morgan fingerprint density at radius 1 is 1.26 bits per heavy atom. The fourth-order valence-electron chi connectivity index (χ4n) is 2.96. The van der Waals surface area contributed by atoms with Crippen LogP contribution in [0.25, 0.3) is 11.3 Å². The highest BCUT2D eigenvalue weighted by Gasteiger charge is 2.32. The Bertz CT molecular complexity index is 710. The maximum absolute atomic E-state index is 12.7. The van der Waals surface area contributed by atoms with Crippen molar-refractivity contribution in [2.24, 2.45) is 11.7 Å². The predicted octanol–water partition coefficient (Wildman–Crippen LogP) is 1.80. The molecule has 6 nitrogen and oxygen atoms in total. The van der Waals surface area contributed by atoms with Gasteiger partial charge in [-0.1, -0.05) is 30.3 Å². The Morgan fingerprint density at radius 3 is 2.70 bits per heavy atom. The lowest BCUT2D eigenvalue weighted by molar-refractivity contribution is -0.123. The molecule has 0 spiro atoms. The van der Waals surface area contributed by atoms with Gasteiger partial charge >= 0.3 is 0 Å². The molecule has 0 bridgehead atoms. The number of likely N-dealkylation sites (tertiary alicyclic amines) is 1. The standard InChI is InChI=1S/C17H20N4O2/c1-11-7-8-13(16(18)22)10-21(11)17(23)15-9-14(19-20-15)12-5-3-2-4-6-12/h2-6,9,11,13H,7-8,10H2,1H3,(H2,18,22)(H,19,20). The van der Waals surface area contributed by atoms with E-state index >= 15 is 0 Å². The fourth-order valence-corrected chi connectivity index (χ4v) is 2.96. The van der Waals surface area contributed by atoms with Gasteiger partial charge in [0.05, 0.1) is 11.6 Å². The zero-order valence-electron chi connectivity index (χ0n) is 13.0. The van der Waals surface area contributed by atoms with E-state index in [1.165, 1.54) is 0 Å². The average Bonchev–Trinajstić information content (AvgIpc) is 3.05. The van der Waals surface area contributed by atoms with Crippen LogP contribution in [0.3, 0.4) is 0 Å². The van der Waals surface area contributed by atoms with Gasteiger partial charge in [0.15, 0.2) is 0 Å². The number of carbonyl (C=O) groups excluding carboxylic acids is 2. The van der Waals surface area contributed by atoms with Gasteiger partial charge in [-0.15, -0.1) is 0 Å². The highest BCUT2D eigenvalue weighted by atomic mass is 16.2. The molecule has 0 aliphatic carbocycles. The van der Waals surface area contributed by atoms with Crippen LogP contribution in [-0.4, -0.2) is 39.5 Å². The zero-order chi connectivity index (χ0) is 16.4. The first kappa shape index (κ1) is 15.3. The number of aromatic nitrogens is 2. The summed E-state index contributed by atoms with van der Waals surface area (Å²) in [5, 5.41) is 7.03. The van der Waals surface area contributed by atoms with Crippen molar-refractivity contribution < 1.29 is 9.59 Å². The Labute approximate surface area is 134 Å². The molecule has 1 saturated heterocycles. The maximum atomic E-state index is 12.7. The molecule has 3 rings (SSSR count). The molecule has 1 aliphatic rings. The molecule has 23 heavy (non-hydrogen) atoms. The summed E-state index contributed by atoms with van der Waals surface area (Å²) in [4.78, 5) is 25.9. The number of benzene rings is 1. The third kappa shape index (κ3) is 3.11. The summed E-state index contributed by atoms with van der Waals surface area (Å²) in [6.07, 6.45) is 1.51. The van der Waals surface area contributed by atoms with Crippen LogP contribution in [0.5, 0.6) is 0 Å². The van der Waals surface area contributed by atoms with Gasteiger partial charge in [-0.3, -0.25) is 14.7 Å². The summed E-state index contributed by atoms with van der Waals surface area (Å²) in [6.45, 7) is 2.36. The monoisotopic (exact) mass is 312 g/mol. The Kier molecular flexibility index (Phi) is 4.14. The van der Waals surface area contributed by atoms with Crippen LogP contribution < -0.4 is 5.73 Å². The number of H-pyrrole nitrogens is 1. The fraction of sp³-hybridized carbons (Fsp3) is 0.353. The van der Waals surface area contributed by atoms with E-state index in [0.29, 0.717) is 12.2 Å². The number of nitrogens with one attached hydrogen (secondary N) is 1. The molecule has 6 heteroatoms. The summed E-state index contributed by atoms with van der Waals surface area (Å²) < 4.78 is 0. The van der Waals surface area contributed by atoms with Crippen molar-refractivity contribution in [3.63, 3.8) is 0 Å². The Morgan fingerprint density at radius 2 is 2.00 bits per heavy atom. The van der Waals surface area contributed by atoms with Crippen molar-refractivity contribution in [3.8, 4) is 11.3 Å². The van der Waals surface area contributed by atoms with E-state index in [4.69, 9.17) is 5.73 Å². The summed E-state index contributed by atoms with van der Waals surface area (Å²) >= 11 is 0. The molecule has 3 N–H and O–H groups in total. The van der Waals surface area contributed by atoms with E-state index in [-0.39, 0.29) is 23.8 Å². The van der Waals surface area contributed by atoms with Gasteiger partial charge in [0.1, 0.15) is 5.69 Å². The van der Waals surface area contributed by atoms with Gasteiger partial charge < -0.3 is 10.6 Å². The molecule has 2 aromatic rings. The molecule has 2 unspecified atom stereocenters. The predicted molar refractivity (Wildman–Crippen MR) is 86.4 cm³/mol. The van der Waals surface area contributed by atoms with Crippen LogP contribution >= 0.6 is 0 Å².